The second-order valence-electron chi connectivity index (χ2n) is 7.51. The van der Waals surface area contributed by atoms with E-state index in [0.29, 0.717) is 28.0 Å². The van der Waals surface area contributed by atoms with Gasteiger partial charge in [0.2, 0.25) is 0 Å². The molecule has 5 aromatic rings. The number of hydrogen-bond donors (Lipinski definition) is 1. The van der Waals surface area contributed by atoms with Crippen LogP contribution >= 0.6 is 11.3 Å². The third-order valence-corrected chi connectivity index (χ3v) is 6.47. The molecule has 0 amide bonds. The highest BCUT2D eigenvalue weighted by Crippen LogP contribution is 2.38. The fourth-order valence-electron chi connectivity index (χ4n) is 3.74. The van der Waals surface area contributed by atoms with Crippen LogP contribution in [0, 0.1) is 0 Å². The molecule has 7 heteroatoms. The first-order valence-electron chi connectivity index (χ1n) is 10.4. The predicted molar refractivity (Wildman–Crippen MR) is 133 cm³/mol. The Kier molecular flexibility index (Phi) is 5.32. The Bertz CT molecular complexity index is 1540. The van der Waals surface area contributed by atoms with Gasteiger partial charge in [0.25, 0.3) is 5.56 Å². The van der Waals surface area contributed by atoms with Crippen LogP contribution in [0.25, 0.3) is 38.5 Å². The van der Waals surface area contributed by atoms with Gasteiger partial charge in [-0.25, -0.2) is 9.97 Å². The summed E-state index contributed by atoms with van der Waals surface area (Å²) in [7, 11) is 1.82. The van der Waals surface area contributed by atoms with E-state index in [1.807, 2.05) is 55.6 Å². The Morgan fingerprint density at radius 2 is 1.61 bits per heavy atom. The Labute approximate surface area is 194 Å². The molecule has 0 aliphatic rings. The Balaban J connectivity index is 1.84. The standard InChI is InChI=1S/C26H20N4O2S/c1-16(31)17-12-14-19(15-13-17)30-24(28-21-11-7-6-10-20(21)25(30)32)23-22(29-26(27-2)33-23)18-8-4-3-5-9-18/h3-15H,1-2H3,(H,27,29). The first-order valence-corrected chi connectivity index (χ1v) is 11.3. The normalized spacial score (nSPS) is 11.0. The van der Waals surface area contributed by atoms with E-state index in [1.165, 1.54) is 18.3 Å². The molecule has 0 atom stereocenters. The van der Waals surface area contributed by atoms with Crippen molar-refractivity contribution in [2.75, 3.05) is 12.4 Å². The van der Waals surface area contributed by atoms with Crippen molar-refractivity contribution in [3.8, 4) is 27.6 Å². The molecule has 0 radical (unpaired) electrons. The smallest absolute Gasteiger partial charge is 0.266 e. The number of nitrogens with one attached hydrogen (secondary N) is 1. The third kappa shape index (κ3) is 3.72. The molecule has 0 saturated carbocycles. The molecule has 2 aromatic heterocycles. The number of carbonyl (C=O) groups is 1. The number of hydrogen-bond acceptors (Lipinski definition) is 6. The fraction of sp³-hybridized carbons (Fsp3) is 0.0769. The fourth-order valence-corrected chi connectivity index (χ4v) is 4.66. The highest BCUT2D eigenvalue weighted by Gasteiger charge is 2.22. The zero-order chi connectivity index (χ0) is 22.9. The van der Waals surface area contributed by atoms with Crippen molar-refractivity contribution >= 4 is 33.2 Å². The number of ketones is 1. The summed E-state index contributed by atoms with van der Waals surface area (Å²) in [6.07, 6.45) is 0. The van der Waals surface area contributed by atoms with Crippen LogP contribution in [-0.4, -0.2) is 27.4 Å². The third-order valence-electron chi connectivity index (χ3n) is 5.40. The average molecular weight is 453 g/mol. The molecule has 1 N–H and O–H groups in total. The van der Waals surface area contributed by atoms with Gasteiger partial charge in [0.15, 0.2) is 16.7 Å². The van der Waals surface area contributed by atoms with Crippen LogP contribution < -0.4 is 10.9 Å². The first kappa shape index (κ1) is 20.8. The average Bonchev–Trinajstić information content (AvgIpc) is 3.29. The lowest BCUT2D eigenvalue weighted by atomic mass is 10.1. The molecule has 0 aliphatic heterocycles. The molecule has 2 heterocycles. The Hall–Kier alpha value is -4.10. The molecule has 5 rings (SSSR count). The van der Waals surface area contributed by atoms with Gasteiger partial charge >= 0.3 is 0 Å². The quantitative estimate of drug-likeness (QED) is 0.360. The number of benzene rings is 3. The minimum Gasteiger partial charge on any atom is -0.365 e. The Morgan fingerprint density at radius 1 is 0.909 bits per heavy atom. The maximum atomic E-state index is 13.7. The molecular weight excluding hydrogens is 432 g/mol. The summed E-state index contributed by atoms with van der Waals surface area (Å²) in [5.74, 6) is 0.477. The minimum atomic E-state index is -0.176. The van der Waals surface area contributed by atoms with Crippen LogP contribution in [0.4, 0.5) is 5.13 Å². The van der Waals surface area contributed by atoms with E-state index in [2.05, 4.69) is 5.32 Å². The van der Waals surface area contributed by atoms with E-state index < -0.39 is 0 Å². The van der Waals surface area contributed by atoms with Gasteiger partial charge in [0, 0.05) is 18.2 Å². The Morgan fingerprint density at radius 3 is 2.30 bits per heavy atom. The number of aromatic nitrogens is 3. The lowest BCUT2D eigenvalue weighted by Crippen LogP contribution is -2.22. The lowest BCUT2D eigenvalue weighted by Gasteiger charge is -2.14. The number of nitrogens with zero attached hydrogens (tertiary/aromatic N) is 3. The van der Waals surface area contributed by atoms with Gasteiger partial charge in [0.1, 0.15) is 4.88 Å². The van der Waals surface area contributed by atoms with Gasteiger partial charge in [-0.1, -0.05) is 53.8 Å². The van der Waals surface area contributed by atoms with E-state index in [0.717, 1.165) is 21.3 Å². The SMILES string of the molecule is CNc1nc(-c2ccccc2)c(-c2nc3ccccc3c(=O)n2-c2ccc(C(C)=O)cc2)s1. The number of rotatable bonds is 5. The number of thiazole rings is 1. The number of carbonyl (C=O) groups excluding carboxylic acids is 1. The number of Topliss-reactive ketones (excluding diaryl/α,β-unsaturated/α-hetero) is 1. The number of anilines is 1. The minimum absolute atomic E-state index is 0.0294. The van der Waals surface area contributed by atoms with Gasteiger partial charge in [-0.15, -0.1) is 0 Å². The van der Waals surface area contributed by atoms with Crippen LogP contribution in [0.5, 0.6) is 0 Å². The van der Waals surface area contributed by atoms with E-state index in [1.54, 1.807) is 34.9 Å². The number of fused-ring (bicyclic) bond motifs is 1. The molecule has 33 heavy (non-hydrogen) atoms. The summed E-state index contributed by atoms with van der Waals surface area (Å²) in [5.41, 5.74) is 3.35. The van der Waals surface area contributed by atoms with Crippen molar-refractivity contribution in [1.82, 2.24) is 14.5 Å². The molecule has 0 aliphatic carbocycles. The molecule has 3 aromatic carbocycles. The van der Waals surface area contributed by atoms with Crippen molar-refractivity contribution in [2.45, 2.75) is 6.92 Å². The summed E-state index contributed by atoms with van der Waals surface area (Å²) in [6, 6.07) is 24.2. The highest BCUT2D eigenvalue weighted by molar-refractivity contribution is 7.19. The maximum absolute atomic E-state index is 13.7. The monoisotopic (exact) mass is 452 g/mol. The zero-order valence-electron chi connectivity index (χ0n) is 18.1. The summed E-state index contributed by atoms with van der Waals surface area (Å²) in [4.78, 5) is 35.9. The van der Waals surface area contributed by atoms with Crippen molar-refractivity contribution in [2.24, 2.45) is 0 Å². The van der Waals surface area contributed by atoms with E-state index in [-0.39, 0.29) is 11.3 Å². The molecule has 0 spiro atoms. The molecule has 0 saturated heterocycles. The van der Waals surface area contributed by atoms with Crippen LogP contribution in [-0.2, 0) is 0 Å². The molecule has 0 fully saturated rings. The van der Waals surface area contributed by atoms with Crippen molar-refractivity contribution in [1.29, 1.82) is 0 Å². The second-order valence-corrected chi connectivity index (χ2v) is 8.51. The highest BCUT2D eigenvalue weighted by atomic mass is 32.1. The number of para-hydroxylation sites is 1. The van der Waals surface area contributed by atoms with E-state index in [4.69, 9.17) is 9.97 Å². The molecule has 162 valence electrons. The lowest BCUT2D eigenvalue weighted by molar-refractivity contribution is 0.101. The molecule has 0 unspecified atom stereocenters. The van der Waals surface area contributed by atoms with Crippen molar-refractivity contribution in [3.05, 3.63) is 94.8 Å². The first-order chi connectivity index (χ1) is 16.1. The summed E-state index contributed by atoms with van der Waals surface area (Å²) in [5, 5.41) is 4.36. The van der Waals surface area contributed by atoms with E-state index >= 15 is 0 Å². The molecular formula is C26H20N4O2S. The van der Waals surface area contributed by atoms with Gasteiger partial charge in [-0.05, 0) is 43.3 Å². The van der Waals surface area contributed by atoms with Crippen LogP contribution in [0.1, 0.15) is 17.3 Å². The zero-order valence-corrected chi connectivity index (χ0v) is 18.9. The van der Waals surface area contributed by atoms with Crippen LogP contribution in [0.2, 0.25) is 0 Å². The van der Waals surface area contributed by atoms with Gasteiger partial charge in [-0.2, -0.15) is 0 Å². The van der Waals surface area contributed by atoms with E-state index in [9.17, 15) is 9.59 Å². The van der Waals surface area contributed by atoms with Crippen LogP contribution in [0.3, 0.4) is 0 Å². The largest absolute Gasteiger partial charge is 0.365 e. The predicted octanol–water partition coefficient (Wildman–Crippen LogP) is 5.42. The van der Waals surface area contributed by atoms with Crippen molar-refractivity contribution in [3.63, 3.8) is 0 Å². The van der Waals surface area contributed by atoms with Crippen LogP contribution in [0.15, 0.2) is 83.7 Å². The molecule has 0 bridgehead atoms. The topological polar surface area (TPSA) is 76.9 Å². The maximum Gasteiger partial charge on any atom is 0.266 e. The van der Waals surface area contributed by atoms with Gasteiger partial charge < -0.3 is 5.32 Å². The second kappa shape index (κ2) is 8.44. The van der Waals surface area contributed by atoms with Gasteiger partial charge in [-0.3, -0.25) is 14.2 Å². The van der Waals surface area contributed by atoms with Gasteiger partial charge in [0.05, 0.1) is 22.3 Å². The summed E-state index contributed by atoms with van der Waals surface area (Å²) in [6.45, 7) is 1.52. The summed E-state index contributed by atoms with van der Waals surface area (Å²) >= 11 is 1.44. The summed E-state index contributed by atoms with van der Waals surface area (Å²) < 4.78 is 1.60. The molecule has 6 nitrogen and oxygen atoms in total. The van der Waals surface area contributed by atoms with Crippen molar-refractivity contribution < 1.29 is 4.79 Å².